The fourth-order valence-electron chi connectivity index (χ4n) is 1.96. The van der Waals surface area contributed by atoms with Crippen LogP contribution in [0, 0.1) is 0 Å². The fraction of sp³-hybridized carbons (Fsp3) is 0.364. The maximum atomic E-state index is 11.0. The third-order valence-corrected chi connectivity index (χ3v) is 2.71. The second-order valence-corrected chi connectivity index (χ2v) is 3.71. The number of carboxylic acid groups (broad SMARTS) is 1. The minimum atomic E-state index is -0.802. The van der Waals surface area contributed by atoms with E-state index in [4.69, 9.17) is 5.11 Å². The molecule has 0 amide bonds. The lowest BCUT2D eigenvalue weighted by molar-refractivity contribution is -0.139. The summed E-state index contributed by atoms with van der Waals surface area (Å²) in [6.45, 7) is 2.83. The van der Waals surface area contributed by atoms with Crippen molar-refractivity contribution in [3.8, 4) is 0 Å². The van der Waals surface area contributed by atoms with Crippen LogP contribution in [0.1, 0.15) is 30.0 Å². The Morgan fingerprint density at radius 3 is 2.71 bits per heavy atom. The van der Waals surface area contributed by atoms with Crippen molar-refractivity contribution in [2.24, 2.45) is 0 Å². The van der Waals surface area contributed by atoms with Crippen LogP contribution in [0.2, 0.25) is 0 Å². The third kappa shape index (κ3) is 1.40. The topological polar surface area (TPSA) is 49.3 Å². The number of hydrogen-bond acceptors (Lipinski definition) is 2. The number of hydrogen-bond donors (Lipinski definition) is 2. The molecule has 74 valence electrons. The zero-order valence-corrected chi connectivity index (χ0v) is 8.03. The first-order chi connectivity index (χ1) is 6.70. The van der Waals surface area contributed by atoms with Crippen LogP contribution in [-0.2, 0) is 4.79 Å². The molecule has 0 spiro atoms. The molecule has 0 bridgehead atoms. The molecule has 2 rings (SSSR count). The summed E-state index contributed by atoms with van der Waals surface area (Å²) < 4.78 is 0. The minimum absolute atomic E-state index is 0.391. The molecule has 1 aliphatic rings. The maximum absolute atomic E-state index is 11.0. The van der Waals surface area contributed by atoms with E-state index in [1.54, 1.807) is 0 Å². The molecule has 3 heteroatoms. The lowest BCUT2D eigenvalue weighted by Gasteiger charge is -2.28. The molecule has 1 heterocycles. The molecular formula is C11H13NO2. The summed E-state index contributed by atoms with van der Waals surface area (Å²) in [5, 5.41) is 12.0. The summed E-state index contributed by atoms with van der Waals surface area (Å²) in [7, 11) is 0. The van der Waals surface area contributed by atoms with Gasteiger partial charge in [0.1, 0.15) is 6.04 Å². The van der Waals surface area contributed by atoms with Gasteiger partial charge in [-0.05, 0) is 17.0 Å². The molecule has 0 aromatic heterocycles. The number of carboxylic acids is 1. The van der Waals surface area contributed by atoms with E-state index in [-0.39, 0.29) is 0 Å². The first-order valence-electron chi connectivity index (χ1n) is 4.75. The second-order valence-electron chi connectivity index (χ2n) is 3.71. The monoisotopic (exact) mass is 191 g/mol. The number of benzene rings is 1. The Bertz CT molecular complexity index is 362. The number of rotatable bonds is 1. The average Bonchev–Trinajstić information content (AvgIpc) is 2.18. The predicted molar refractivity (Wildman–Crippen MR) is 53.2 cm³/mol. The van der Waals surface area contributed by atoms with Crippen LogP contribution in [0.5, 0.6) is 0 Å². The summed E-state index contributed by atoms with van der Waals surface area (Å²) >= 11 is 0. The van der Waals surface area contributed by atoms with E-state index in [2.05, 4.69) is 12.2 Å². The Morgan fingerprint density at radius 1 is 1.43 bits per heavy atom. The standard InChI is InChI=1S/C11H13NO2/c1-7-6-12-10(11(13)14)9-5-3-2-4-8(7)9/h2-5,7,10,12H,6H2,1H3,(H,13,14). The zero-order chi connectivity index (χ0) is 10.1. The minimum Gasteiger partial charge on any atom is -0.480 e. The van der Waals surface area contributed by atoms with Crippen molar-refractivity contribution in [3.05, 3.63) is 35.4 Å². The molecule has 0 saturated heterocycles. The van der Waals surface area contributed by atoms with Crippen molar-refractivity contribution in [2.75, 3.05) is 6.54 Å². The molecule has 14 heavy (non-hydrogen) atoms. The summed E-state index contributed by atoms with van der Waals surface area (Å²) in [6, 6.07) is 7.20. The average molecular weight is 191 g/mol. The fourth-order valence-corrected chi connectivity index (χ4v) is 1.96. The molecule has 1 aromatic carbocycles. The molecule has 0 fully saturated rings. The van der Waals surface area contributed by atoms with Gasteiger partial charge in [-0.25, -0.2) is 0 Å². The Balaban J connectivity index is 2.46. The lowest BCUT2D eigenvalue weighted by atomic mass is 9.88. The normalized spacial score (nSPS) is 25.5. The van der Waals surface area contributed by atoms with Gasteiger partial charge >= 0.3 is 5.97 Å². The Hall–Kier alpha value is -1.35. The molecule has 0 saturated carbocycles. The molecular weight excluding hydrogens is 178 g/mol. The van der Waals surface area contributed by atoms with Gasteiger partial charge in [-0.15, -0.1) is 0 Å². The lowest BCUT2D eigenvalue weighted by Crippen LogP contribution is -2.36. The van der Waals surface area contributed by atoms with Gasteiger partial charge in [0.15, 0.2) is 0 Å². The van der Waals surface area contributed by atoms with E-state index in [9.17, 15) is 4.79 Å². The van der Waals surface area contributed by atoms with E-state index in [1.165, 1.54) is 0 Å². The third-order valence-electron chi connectivity index (χ3n) is 2.71. The van der Waals surface area contributed by atoms with E-state index >= 15 is 0 Å². The number of nitrogens with one attached hydrogen (secondary N) is 1. The van der Waals surface area contributed by atoms with Gasteiger partial charge in [0.25, 0.3) is 0 Å². The molecule has 2 unspecified atom stereocenters. The Labute approximate surface area is 82.8 Å². The molecule has 3 nitrogen and oxygen atoms in total. The number of aliphatic carboxylic acids is 1. The highest BCUT2D eigenvalue weighted by Gasteiger charge is 2.28. The molecule has 2 N–H and O–H groups in total. The molecule has 0 aliphatic carbocycles. The number of carbonyl (C=O) groups is 1. The Kier molecular flexibility index (Phi) is 2.25. The summed E-state index contributed by atoms with van der Waals surface area (Å²) in [5.41, 5.74) is 2.05. The summed E-state index contributed by atoms with van der Waals surface area (Å²) in [6.07, 6.45) is 0. The van der Waals surface area contributed by atoms with Crippen molar-refractivity contribution in [1.29, 1.82) is 0 Å². The molecule has 1 aromatic rings. The van der Waals surface area contributed by atoms with Crippen molar-refractivity contribution >= 4 is 5.97 Å². The van der Waals surface area contributed by atoms with Crippen LogP contribution in [0.4, 0.5) is 0 Å². The highest BCUT2D eigenvalue weighted by atomic mass is 16.4. The smallest absolute Gasteiger partial charge is 0.325 e. The van der Waals surface area contributed by atoms with Gasteiger partial charge in [0, 0.05) is 6.54 Å². The van der Waals surface area contributed by atoms with Crippen LogP contribution < -0.4 is 5.32 Å². The van der Waals surface area contributed by atoms with Gasteiger partial charge in [0.05, 0.1) is 0 Å². The van der Waals surface area contributed by atoms with Gasteiger partial charge in [-0.2, -0.15) is 0 Å². The predicted octanol–water partition coefficient (Wildman–Crippen LogP) is 1.52. The largest absolute Gasteiger partial charge is 0.480 e. The molecule has 0 radical (unpaired) electrons. The number of fused-ring (bicyclic) bond motifs is 1. The van der Waals surface area contributed by atoms with Crippen molar-refractivity contribution in [2.45, 2.75) is 18.9 Å². The SMILES string of the molecule is CC1CNC(C(=O)O)c2ccccc21. The highest BCUT2D eigenvalue weighted by molar-refractivity contribution is 5.76. The van der Waals surface area contributed by atoms with E-state index < -0.39 is 12.0 Å². The van der Waals surface area contributed by atoms with Gasteiger partial charge in [-0.1, -0.05) is 31.2 Å². The van der Waals surface area contributed by atoms with Crippen LogP contribution in [0.3, 0.4) is 0 Å². The van der Waals surface area contributed by atoms with Crippen molar-refractivity contribution in [3.63, 3.8) is 0 Å². The molecule has 1 aliphatic heterocycles. The van der Waals surface area contributed by atoms with Gasteiger partial charge in [-0.3, -0.25) is 4.79 Å². The van der Waals surface area contributed by atoms with Crippen LogP contribution in [0.25, 0.3) is 0 Å². The van der Waals surface area contributed by atoms with Crippen molar-refractivity contribution in [1.82, 2.24) is 5.32 Å². The van der Waals surface area contributed by atoms with Crippen LogP contribution >= 0.6 is 0 Å². The van der Waals surface area contributed by atoms with Crippen molar-refractivity contribution < 1.29 is 9.90 Å². The first-order valence-corrected chi connectivity index (χ1v) is 4.75. The zero-order valence-electron chi connectivity index (χ0n) is 8.03. The van der Waals surface area contributed by atoms with Crippen LogP contribution in [-0.4, -0.2) is 17.6 Å². The Morgan fingerprint density at radius 2 is 2.07 bits per heavy atom. The second kappa shape index (κ2) is 3.42. The highest BCUT2D eigenvalue weighted by Crippen LogP contribution is 2.29. The van der Waals surface area contributed by atoms with Gasteiger partial charge < -0.3 is 10.4 Å². The maximum Gasteiger partial charge on any atom is 0.325 e. The van der Waals surface area contributed by atoms with E-state index in [1.807, 2.05) is 24.3 Å². The quantitative estimate of drug-likeness (QED) is 0.707. The van der Waals surface area contributed by atoms with Gasteiger partial charge in [0.2, 0.25) is 0 Å². The summed E-state index contributed by atoms with van der Waals surface area (Å²) in [4.78, 5) is 11.0. The summed E-state index contributed by atoms with van der Waals surface area (Å²) in [5.74, 6) is -0.411. The van der Waals surface area contributed by atoms with E-state index in [0.717, 1.165) is 17.7 Å². The van der Waals surface area contributed by atoms with E-state index in [0.29, 0.717) is 5.92 Å². The first kappa shape index (κ1) is 9.21. The van der Waals surface area contributed by atoms with Crippen LogP contribution in [0.15, 0.2) is 24.3 Å². The molecule has 2 atom stereocenters.